The van der Waals surface area contributed by atoms with Crippen LogP contribution in [0, 0.1) is 5.92 Å². The van der Waals surface area contributed by atoms with Gasteiger partial charge in [-0.05, 0) is 12.5 Å². The van der Waals surface area contributed by atoms with Crippen molar-refractivity contribution in [2.75, 3.05) is 26.2 Å². The third kappa shape index (κ3) is 3.64. The van der Waals surface area contributed by atoms with Gasteiger partial charge in [-0.3, -0.25) is 10.1 Å². The number of nitrogens with zero attached hydrogens (tertiary/aromatic N) is 1. The second kappa shape index (κ2) is 5.32. The van der Waals surface area contributed by atoms with Crippen LogP contribution in [0.2, 0.25) is 0 Å². The third-order valence-electron chi connectivity index (χ3n) is 2.27. The zero-order valence-corrected chi connectivity index (χ0v) is 9.25. The van der Waals surface area contributed by atoms with Gasteiger partial charge in [-0.2, -0.15) is 0 Å². The van der Waals surface area contributed by atoms with Gasteiger partial charge in [-0.1, -0.05) is 13.8 Å². The highest BCUT2D eigenvalue weighted by molar-refractivity contribution is 5.73. The number of rotatable bonds is 3. The monoisotopic (exact) mass is 200 g/mol. The van der Waals surface area contributed by atoms with Crippen molar-refractivity contribution in [2.24, 2.45) is 5.92 Å². The lowest BCUT2D eigenvalue weighted by Crippen LogP contribution is -2.51. The first-order valence-electron chi connectivity index (χ1n) is 5.20. The molecular formula is C10H20N2O2. The van der Waals surface area contributed by atoms with E-state index in [-0.39, 0.29) is 12.1 Å². The predicted octanol–water partition coefficient (Wildman–Crippen LogP) is 0.437. The number of carbonyl (C=O) groups is 1. The highest BCUT2D eigenvalue weighted by Crippen LogP contribution is 2.03. The van der Waals surface area contributed by atoms with Crippen LogP contribution in [0.5, 0.6) is 0 Å². The molecule has 1 heterocycles. The van der Waals surface area contributed by atoms with Crippen LogP contribution in [0.25, 0.3) is 0 Å². The first-order valence-corrected chi connectivity index (χ1v) is 5.20. The lowest BCUT2D eigenvalue weighted by atomic mass is 10.2. The lowest BCUT2D eigenvalue weighted by molar-refractivity contribution is -0.137. The van der Waals surface area contributed by atoms with Crippen LogP contribution in [0.15, 0.2) is 0 Å². The fourth-order valence-electron chi connectivity index (χ4n) is 1.43. The largest absolute Gasteiger partial charge is 0.360 e. The van der Waals surface area contributed by atoms with Crippen LogP contribution in [0.3, 0.4) is 0 Å². The SMILES string of the molecule is CC(=O)N1CCOC(NCC(C)C)C1. The van der Waals surface area contributed by atoms with Crippen molar-refractivity contribution in [1.82, 2.24) is 10.2 Å². The average molecular weight is 200 g/mol. The molecule has 0 radical (unpaired) electrons. The molecule has 0 bridgehead atoms. The fourth-order valence-corrected chi connectivity index (χ4v) is 1.43. The van der Waals surface area contributed by atoms with E-state index in [9.17, 15) is 4.79 Å². The molecule has 1 saturated heterocycles. The smallest absolute Gasteiger partial charge is 0.219 e. The van der Waals surface area contributed by atoms with E-state index in [1.54, 1.807) is 6.92 Å². The standard InChI is InChI=1S/C10H20N2O2/c1-8(2)6-11-10-7-12(9(3)13)4-5-14-10/h8,10-11H,4-7H2,1-3H3. The molecule has 82 valence electrons. The number of ether oxygens (including phenoxy) is 1. The normalized spacial score (nSPS) is 22.9. The Labute approximate surface area is 85.6 Å². The summed E-state index contributed by atoms with van der Waals surface area (Å²) >= 11 is 0. The molecule has 0 spiro atoms. The molecule has 1 rings (SSSR count). The average Bonchev–Trinajstić information content (AvgIpc) is 2.15. The molecule has 1 aliphatic rings. The summed E-state index contributed by atoms with van der Waals surface area (Å²) < 4.78 is 5.50. The molecule has 1 atom stereocenters. The third-order valence-corrected chi connectivity index (χ3v) is 2.27. The van der Waals surface area contributed by atoms with Crippen molar-refractivity contribution in [2.45, 2.75) is 27.0 Å². The Morgan fingerprint density at radius 1 is 1.64 bits per heavy atom. The van der Waals surface area contributed by atoms with Gasteiger partial charge in [-0.15, -0.1) is 0 Å². The molecule has 1 amide bonds. The zero-order valence-electron chi connectivity index (χ0n) is 9.25. The van der Waals surface area contributed by atoms with Gasteiger partial charge < -0.3 is 9.64 Å². The van der Waals surface area contributed by atoms with Gasteiger partial charge in [-0.25, -0.2) is 0 Å². The van der Waals surface area contributed by atoms with Gasteiger partial charge in [0.1, 0.15) is 6.23 Å². The topological polar surface area (TPSA) is 41.6 Å². The molecule has 1 unspecified atom stereocenters. The number of nitrogens with one attached hydrogen (secondary N) is 1. The van der Waals surface area contributed by atoms with E-state index in [4.69, 9.17) is 4.74 Å². The second-order valence-corrected chi connectivity index (χ2v) is 4.13. The first-order chi connectivity index (χ1) is 6.59. The molecule has 1 fully saturated rings. The Morgan fingerprint density at radius 3 is 2.93 bits per heavy atom. The number of amides is 1. The second-order valence-electron chi connectivity index (χ2n) is 4.13. The molecule has 1 N–H and O–H groups in total. The molecule has 0 aliphatic carbocycles. The van der Waals surface area contributed by atoms with Gasteiger partial charge in [0, 0.05) is 13.5 Å². The molecule has 0 aromatic carbocycles. The van der Waals surface area contributed by atoms with Crippen LogP contribution in [0.4, 0.5) is 0 Å². The quantitative estimate of drug-likeness (QED) is 0.718. The molecule has 0 saturated carbocycles. The van der Waals surface area contributed by atoms with E-state index in [0.717, 1.165) is 13.1 Å². The summed E-state index contributed by atoms with van der Waals surface area (Å²) in [5, 5.41) is 3.29. The minimum Gasteiger partial charge on any atom is -0.360 e. The summed E-state index contributed by atoms with van der Waals surface area (Å²) in [5.74, 6) is 0.732. The van der Waals surface area contributed by atoms with E-state index in [1.165, 1.54) is 0 Å². The molecule has 0 aromatic rings. The molecule has 4 nitrogen and oxygen atoms in total. The van der Waals surface area contributed by atoms with Gasteiger partial charge in [0.25, 0.3) is 0 Å². The van der Waals surface area contributed by atoms with Crippen LogP contribution >= 0.6 is 0 Å². The maximum Gasteiger partial charge on any atom is 0.219 e. The molecule has 1 aliphatic heterocycles. The number of morpholine rings is 1. The maximum atomic E-state index is 11.1. The minimum atomic E-state index is 0.00931. The number of hydrogen-bond donors (Lipinski definition) is 1. The predicted molar refractivity (Wildman–Crippen MR) is 54.8 cm³/mol. The highest BCUT2D eigenvalue weighted by atomic mass is 16.5. The molecular weight excluding hydrogens is 180 g/mol. The Morgan fingerprint density at radius 2 is 2.36 bits per heavy atom. The van der Waals surface area contributed by atoms with Gasteiger partial charge in [0.2, 0.25) is 5.91 Å². The van der Waals surface area contributed by atoms with Crippen LogP contribution in [-0.2, 0) is 9.53 Å². The Bertz CT molecular complexity index is 195. The van der Waals surface area contributed by atoms with E-state index < -0.39 is 0 Å². The minimum absolute atomic E-state index is 0.00931. The highest BCUT2D eigenvalue weighted by Gasteiger charge is 2.21. The van der Waals surface area contributed by atoms with Crippen LogP contribution < -0.4 is 5.32 Å². The Balaban J connectivity index is 2.29. The summed E-state index contributed by atoms with van der Waals surface area (Å²) in [4.78, 5) is 12.9. The number of hydrogen-bond acceptors (Lipinski definition) is 3. The van der Waals surface area contributed by atoms with Crippen molar-refractivity contribution in [3.8, 4) is 0 Å². The summed E-state index contributed by atoms with van der Waals surface area (Å²) in [6, 6.07) is 0. The van der Waals surface area contributed by atoms with E-state index in [0.29, 0.717) is 19.1 Å². The van der Waals surface area contributed by atoms with Crippen LogP contribution in [0.1, 0.15) is 20.8 Å². The summed E-state index contributed by atoms with van der Waals surface area (Å²) in [6.07, 6.45) is 0.00931. The van der Waals surface area contributed by atoms with Crippen molar-refractivity contribution in [3.63, 3.8) is 0 Å². The Kier molecular flexibility index (Phi) is 4.35. The number of carbonyl (C=O) groups excluding carboxylic acids is 1. The summed E-state index contributed by atoms with van der Waals surface area (Å²) in [6.45, 7) is 8.85. The first kappa shape index (κ1) is 11.5. The van der Waals surface area contributed by atoms with Gasteiger partial charge >= 0.3 is 0 Å². The van der Waals surface area contributed by atoms with Gasteiger partial charge in [0.15, 0.2) is 0 Å². The maximum absolute atomic E-state index is 11.1. The van der Waals surface area contributed by atoms with E-state index in [2.05, 4.69) is 19.2 Å². The lowest BCUT2D eigenvalue weighted by Gasteiger charge is -2.33. The van der Waals surface area contributed by atoms with Crippen molar-refractivity contribution >= 4 is 5.91 Å². The van der Waals surface area contributed by atoms with Crippen LogP contribution in [-0.4, -0.2) is 43.3 Å². The summed E-state index contributed by atoms with van der Waals surface area (Å²) in [7, 11) is 0. The van der Waals surface area contributed by atoms with Gasteiger partial charge in [0.05, 0.1) is 13.2 Å². The summed E-state index contributed by atoms with van der Waals surface area (Å²) in [5.41, 5.74) is 0. The molecule has 0 aromatic heterocycles. The van der Waals surface area contributed by atoms with Crippen molar-refractivity contribution < 1.29 is 9.53 Å². The van der Waals surface area contributed by atoms with Crippen molar-refractivity contribution in [3.05, 3.63) is 0 Å². The fraction of sp³-hybridized carbons (Fsp3) is 0.900. The van der Waals surface area contributed by atoms with E-state index >= 15 is 0 Å². The van der Waals surface area contributed by atoms with E-state index in [1.807, 2.05) is 4.90 Å². The molecule has 14 heavy (non-hydrogen) atoms. The zero-order chi connectivity index (χ0) is 10.6. The van der Waals surface area contributed by atoms with Crippen molar-refractivity contribution in [1.29, 1.82) is 0 Å². The Hall–Kier alpha value is -0.610. The molecule has 4 heteroatoms.